The summed E-state index contributed by atoms with van der Waals surface area (Å²) in [6.07, 6.45) is 0. The van der Waals surface area contributed by atoms with Gasteiger partial charge in [-0.25, -0.2) is 0 Å². The minimum atomic E-state index is -0.197. The number of hydrogen-bond donors (Lipinski definition) is 3. The minimum absolute atomic E-state index is 0.197. The monoisotopic (exact) mass is 360 g/mol. The zero-order chi connectivity index (χ0) is 16.3. The third kappa shape index (κ3) is 3.46. The molecule has 0 saturated carbocycles. The van der Waals surface area contributed by atoms with Gasteiger partial charge in [-0.1, -0.05) is 36.9 Å². The van der Waals surface area contributed by atoms with Gasteiger partial charge in [-0.2, -0.15) is 0 Å². The Hall–Kier alpha value is -2.34. The van der Waals surface area contributed by atoms with Crippen LogP contribution < -0.4 is 16.6 Å². The maximum Gasteiger partial charge on any atom is 0.266 e. The van der Waals surface area contributed by atoms with Crippen LogP contribution in [0.15, 0.2) is 58.1 Å². The summed E-state index contributed by atoms with van der Waals surface area (Å²) in [6.45, 7) is 5.65. The molecule has 2 rings (SSSR count). The smallest absolute Gasteiger partial charge is 0.266 e. The molecule has 0 fully saturated rings. The highest BCUT2D eigenvalue weighted by molar-refractivity contribution is 9.10. The first-order valence-electron chi connectivity index (χ1n) is 6.64. The first-order chi connectivity index (χ1) is 10.4. The average molecular weight is 361 g/mol. The van der Waals surface area contributed by atoms with Crippen LogP contribution in [0.25, 0.3) is 0 Å². The highest BCUT2D eigenvalue weighted by Gasteiger charge is 2.15. The normalized spacial score (nSPS) is 10.3. The van der Waals surface area contributed by atoms with Crippen LogP contribution in [-0.4, -0.2) is 10.3 Å². The van der Waals surface area contributed by atoms with Crippen LogP contribution in [-0.2, 0) is 6.54 Å². The molecule has 0 spiro atoms. The van der Waals surface area contributed by atoms with E-state index in [0.717, 1.165) is 5.56 Å². The third-order valence-corrected chi connectivity index (χ3v) is 3.68. The quantitative estimate of drug-likeness (QED) is 0.716. The van der Waals surface area contributed by atoms with Gasteiger partial charge in [0, 0.05) is 11.3 Å². The van der Waals surface area contributed by atoms with Crippen molar-refractivity contribution in [2.45, 2.75) is 13.5 Å². The van der Waals surface area contributed by atoms with E-state index < -0.39 is 0 Å². The van der Waals surface area contributed by atoms with Crippen molar-refractivity contribution in [2.24, 2.45) is 5.73 Å². The Balaban J connectivity index is 2.65. The summed E-state index contributed by atoms with van der Waals surface area (Å²) in [5.74, 6) is 0.683. The second-order valence-electron chi connectivity index (χ2n) is 4.91. The number of pyridine rings is 1. The first kappa shape index (κ1) is 16.0. The van der Waals surface area contributed by atoms with Crippen LogP contribution >= 0.6 is 15.9 Å². The molecule has 0 aliphatic rings. The van der Waals surface area contributed by atoms with E-state index >= 15 is 0 Å². The summed E-state index contributed by atoms with van der Waals surface area (Å²) >= 11 is 3.27. The molecule has 1 heterocycles. The molecule has 6 heteroatoms. The van der Waals surface area contributed by atoms with E-state index in [1.807, 2.05) is 30.3 Å². The molecule has 0 atom stereocenters. The summed E-state index contributed by atoms with van der Waals surface area (Å²) in [5.41, 5.74) is 7.34. The fraction of sp³-hybridized carbons (Fsp3) is 0.125. The maximum absolute atomic E-state index is 12.5. The molecule has 0 amide bonds. The maximum atomic E-state index is 12.5. The number of aromatic nitrogens is 1. The lowest BCUT2D eigenvalue weighted by Crippen LogP contribution is -2.27. The number of nitrogens with two attached hydrogens (primary N) is 1. The Morgan fingerprint density at radius 1 is 1.41 bits per heavy atom. The van der Waals surface area contributed by atoms with E-state index in [-0.39, 0.29) is 11.4 Å². The highest BCUT2D eigenvalue weighted by Crippen LogP contribution is 2.20. The van der Waals surface area contributed by atoms with Crippen molar-refractivity contribution >= 4 is 27.5 Å². The largest absolute Gasteiger partial charge is 0.386 e. The summed E-state index contributed by atoms with van der Waals surface area (Å²) in [5, 5.41) is 10.8. The number of hydrogen-bond acceptors (Lipinski definition) is 4. The van der Waals surface area contributed by atoms with Gasteiger partial charge in [0.25, 0.3) is 5.56 Å². The molecule has 1 aromatic carbocycles. The molecular formula is C16H17BrN4O. The van der Waals surface area contributed by atoms with Gasteiger partial charge in [-0.15, -0.1) is 0 Å². The van der Waals surface area contributed by atoms with Crippen LogP contribution in [0.3, 0.4) is 0 Å². The van der Waals surface area contributed by atoms with Gasteiger partial charge >= 0.3 is 0 Å². The number of nitrogens with zero attached hydrogens (tertiary/aromatic N) is 1. The average Bonchev–Trinajstić information content (AvgIpc) is 2.47. The van der Waals surface area contributed by atoms with Gasteiger partial charge in [0.1, 0.15) is 5.82 Å². The lowest BCUT2D eigenvalue weighted by atomic mass is 10.1. The molecule has 0 saturated heterocycles. The zero-order valence-electron chi connectivity index (χ0n) is 12.2. The molecule has 4 N–H and O–H groups in total. The lowest BCUT2D eigenvalue weighted by Gasteiger charge is -2.19. The minimum Gasteiger partial charge on any atom is -0.386 e. The predicted octanol–water partition coefficient (Wildman–Crippen LogP) is 2.89. The fourth-order valence-electron chi connectivity index (χ4n) is 2.12. The molecule has 5 nitrogen and oxygen atoms in total. The Morgan fingerprint density at radius 2 is 2.05 bits per heavy atom. The van der Waals surface area contributed by atoms with Crippen LogP contribution in [0.2, 0.25) is 0 Å². The molecule has 114 valence electrons. The van der Waals surface area contributed by atoms with Gasteiger partial charge in [-0.3, -0.25) is 9.36 Å². The molecule has 0 aliphatic heterocycles. The van der Waals surface area contributed by atoms with Gasteiger partial charge in [-0.05, 0) is 34.5 Å². The van der Waals surface area contributed by atoms with E-state index in [4.69, 9.17) is 11.1 Å². The van der Waals surface area contributed by atoms with E-state index in [0.29, 0.717) is 28.1 Å². The molecule has 0 bridgehead atoms. The molecule has 22 heavy (non-hydrogen) atoms. The van der Waals surface area contributed by atoms with Crippen molar-refractivity contribution in [3.05, 3.63) is 74.8 Å². The third-order valence-electron chi connectivity index (χ3n) is 3.11. The first-order valence-corrected chi connectivity index (χ1v) is 7.43. The van der Waals surface area contributed by atoms with Crippen LogP contribution in [0.4, 0.5) is 5.82 Å². The topological polar surface area (TPSA) is 83.9 Å². The van der Waals surface area contributed by atoms with Gasteiger partial charge in [0.15, 0.2) is 0 Å². The second-order valence-corrected chi connectivity index (χ2v) is 5.76. The highest BCUT2D eigenvalue weighted by atomic mass is 79.9. The fourth-order valence-corrected chi connectivity index (χ4v) is 2.57. The number of anilines is 1. The number of rotatable bonds is 5. The SMILES string of the molecule is C=C(N)Nc1c(C(C)=N)cc(Br)c(=O)n1Cc1ccccc1. The number of benzene rings is 1. The molecule has 0 aliphatic carbocycles. The molecule has 0 unspecified atom stereocenters. The van der Waals surface area contributed by atoms with Crippen molar-refractivity contribution in [2.75, 3.05) is 5.32 Å². The molecular weight excluding hydrogens is 344 g/mol. The van der Waals surface area contributed by atoms with E-state index in [1.54, 1.807) is 17.6 Å². The van der Waals surface area contributed by atoms with E-state index in [9.17, 15) is 4.79 Å². The number of halogens is 1. The summed E-state index contributed by atoms with van der Waals surface area (Å²) in [4.78, 5) is 12.5. The van der Waals surface area contributed by atoms with Crippen molar-refractivity contribution in [3.63, 3.8) is 0 Å². The van der Waals surface area contributed by atoms with Gasteiger partial charge < -0.3 is 16.5 Å². The molecule has 0 radical (unpaired) electrons. The predicted molar refractivity (Wildman–Crippen MR) is 93.4 cm³/mol. The van der Waals surface area contributed by atoms with Crippen molar-refractivity contribution in [1.82, 2.24) is 4.57 Å². The second kappa shape index (κ2) is 6.62. The van der Waals surface area contributed by atoms with Gasteiger partial charge in [0.05, 0.1) is 16.8 Å². The Bertz CT molecular complexity index is 781. The summed E-state index contributed by atoms with van der Waals surface area (Å²) in [7, 11) is 0. The standard InChI is InChI=1S/C16H17BrN4O/c1-10(18)13-8-14(17)16(22)21(15(13)20-11(2)19)9-12-6-4-3-5-7-12/h3-8,18,20H,2,9,19H2,1H3. The molecule has 1 aromatic heterocycles. The Morgan fingerprint density at radius 3 is 2.59 bits per heavy atom. The summed E-state index contributed by atoms with van der Waals surface area (Å²) < 4.78 is 1.95. The Labute approximate surface area is 137 Å². The van der Waals surface area contributed by atoms with E-state index in [2.05, 4.69) is 27.8 Å². The Kier molecular flexibility index (Phi) is 4.82. The van der Waals surface area contributed by atoms with E-state index in [1.165, 1.54) is 0 Å². The van der Waals surface area contributed by atoms with Crippen LogP contribution in [0.5, 0.6) is 0 Å². The molecule has 2 aromatic rings. The van der Waals surface area contributed by atoms with Crippen molar-refractivity contribution in [1.29, 1.82) is 5.41 Å². The van der Waals surface area contributed by atoms with Gasteiger partial charge in [0.2, 0.25) is 0 Å². The van der Waals surface area contributed by atoms with Crippen LogP contribution in [0, 0.1) is 5.41 Å². The summed E-state index contributed by atoms with van der Waals surface area (Å²) in [6, 6.07) is 11.2. The van der Waals surface area contributed by atoms with Crippen LogP contribution in [0.1, 0.15) is 18.1 Å². The van der Waals surface area contributed by atoms with Crippen molar-refractivity contribution in [3.8, 4) is 0 Å². The number of nitrogens with one attached hydrogen (secondary N) is 2. The zero-order valence-corrected chi connectivity index (χ0v) is 13.8. The van der Waals surface area contributed by atoms with Crippen molar-refractivity contribution < 1.29 is 0 Å². The lowest BCUT2D eigenvalue weighted by molar-refractivity contribution is 0.761.